The van der Waals surface area contributed by atoms with E-state index in [2.05, 4.69) is 0 Å². The van der Waals surface area contributed by atoms with Gasteiger partial charge in [0.05, 0.1) is 30.0 Å². The lowest BCUT2D eigenvalue weighted by atomic mass is 10.1. The highest BCUT2D eigenvalue weighted by molar-refractivity contribution is 5.51. The summed E-state index contributed by atoms with van der Waals surface area (Å²) in [6.45, 7) is 3.61. The first-order chi connectivity index (χ1) is 8.61. The average molecular weight is 249 g/mol. The summed E-state index contributed by atoms with van der Waals surface area (Å²) in [4.78, 5) is 1.91. The van der Waals surface area contributed by atoms with Crippen LogP contribution in [0.25, 0.3) is 0 Å². The normalized spacial score (nSPS) is 21.4. The molecule has 1 aliphatic heterocycles. The molecule has 0 radical (unpaired) electrons. The molecule has 1 aromatic rings. The van der Waals surface area contributed by atoms with E-state index in [4.69, 9.17) is 15.7 Å². The molecule has 1 aromatic carbocycles. The molecule has 0 spiro atoms. The molecular weight excluding hydrogens is 233 g/mol. The smallest absolute Gasteiger partial charge is 0.147 e. The third kappa shape index (κ3) is 2.61. The molecule has 5 heteroatoms. The molecule has 4 nitrogen and oxygen atoms in total. The van der Waals surface area contributed by atoms with Gasteiger partial charge in [-0.25, -0.2) is 4.39 Å². The highest BCUT2D eigenvalue weighted by Gasteiger charge is 2.25. The van der Waals surface area contributed by atoms with Gasteiger partial charge in [-0.3, -0.25) is 0 Å². The van der Waals surface area contributed by atoms with Crippen LogP contribution in [-0.2, 0) is 4.74 Å². The van der Waals surface area contributed by atoms with Crippen molar-refractivity contribution >= 4 is 5.69 Å². The van der Waals surface area contributed by atoms with Crippen molar-refractivity contribution in [1.82, 2.24) is 0 Å². The Balaban J connectivity index is 2.19. The van der Waals surface area contributed by atoms with Crippen LogP contribution in [0.2, 0.25) is 0 Å². The Bertz CT molecular complexity index is 470. The van der Waals surface area contributed by atoms with Crippen molar-refractivity contribution in [2.45, 2.75) is 19.1 Å². The van der Waals surface area contributed by atoms with E-state index in [0.29, 0.717) is 30.9 Å². The second-order valence-corrected chi connectivity index (χ2v) is 4.49. The van der Waals surface area contributed by atoms with E-state index < -0.39 is 0 Å². The minimum Gasteiger partial charge on any atom is -0.373 e. The standard InChI is InChI=1S/C13H16FN3O/c1-9(16)13-8-17(4-5-18-13)12-3-2-10(7-15)6-11(12)14/h2-3,6,9,13H,4-5,8,16H2,1H3. The second-order valence-electron chi connectivity index (χ2n) is 4.49. The molecule has 2 N–H and O–H groups in total. The Labute approximate surface area is 106 Å². The quantitative estimate of drug-likeness (QED) is 0.856. The van der Waals surface area contributed by atoms with Crippen molar-refractivity contribution in [2.24, 2.45) is 5.73 Å². The van der Waals surface area contributed by atoms with Crippen molar-refractivity contribution in [3.8, 4) is 6.07 Å². The van der Waals surface area contributed by atoms with Crippen LogP contribution in [0.4, 0.5) is 10.1 Å². The van der Waals surface area contributed by atoms with E-state index in [-0.39, 0.29) is 18.0 Å². The van der Waals surface area contributed by atoms with Gasteiger partial charge in [-0.05, 0) is 25.1 Å². The summed E-state index contributed by atoms with van der Waals surface area (Å²) in [5.74, 6) is -0.376. The van der Waals surface area contributed by atoms with E-state index in [1.54, 1.807) is 12.1 Å². The Hall–Kier alpha value is -1.64. The molecule has 0 aliphatic carbocycles. The maximum absolute atomic E-state index is 13.9. The van der Waals surface area contributed by atoms with Crippen molar-refractivity contribution < 1.29 is 9.13 Å². The van der Waals surface area contributed by atoms with Gasteiger partial charge in [-0.2, -0.15) is 5.26 Å². The Kier molecular flexibility index (Phi) is 3.80. The molecule has 2 rings (SSSR count). The fourth-order valence-corrected chi connectivity index (χ4v) is 2.05. The minimum absolute atomic E-state index is 0.0887. The van der Waals surface area contributed by atoms with Gasteiger partial charge in [0.1, 0.15) is 5.82 Å². The molecule has 0 amide bonds. The van der Waals surface area contributed by atoms with E-state index in [0.717, 1.165) is 0 Å². The highest BCUT2D eigenvalue weighted by atomic mass is 19.1. The number of hydrogen-bond donors (Lipinski definition) is 1. The zero-order chi connectivity index (χ0) is 13.1. The zero-order valence-corrected chi connectivity index (χ0v) is 10.3. The number of nitrogens with zero attached hydrogens (tertiary/aromatic N) is 2. The molecule has 18 heavy (non-hydrogen) atoms. The number of nitrogens with two attached hydrogens (primary N) is 1. The zero-order valence-electron chi connectivity index (χ0n) is 10.3. The monoisotopic (exact) mass is 249 g/mol. The first-order valence-electron chi connectivity index (χ1n) is 5.93. The molecule has 0 saturated carbocycles. The first-order valence-corrected chi connectivity index (χ1v) is 5.93. The molecule has 1 aliphatic rings. The maximum atomic E-state index is 13.9. The van der Waals surface area contributed by atoms with Gasteiger partial charge in [0, 0.05) is 19.1 Å². The lowest BCUT2D eigenvalue weighted by molar-refractivity contribution is 0.0274. The third-order valence-electron chi connectivity index (χ3n) is 3.10. The van der Waals surface area contributed by atoms with Crippen LogP contribution >= 0.6 is 0 Å². The molecule has 1 fully saturated rings. The number of hydrogen-bond acceptors (Lipinski definition) is 4. The molecule has 1 saturated heterocycles. The Morgan fingerprint density at radius 2 is 2.39 bits per heavy atom. The largest absolute Gasteiger partial charge is 0.373 e. The first kappa shape index (κ1) is 12.8. The summed E-state index contributed by atoms with van der Waals surface area (Å²) in [7, 11) is 0. The number of benzene rings is 1. The van der Waals surface area contributed by atoms with Crippen molar-refractivity contribution in [3.05, 3.63) is 29.6 Å². The summed E-state index contributed by atoms with van der Waals surface area (Å²) in [5, 5.41) is 8.71. The molecular formula is C13H16FN3O. The van der Waals surface area contributed by atoms with Crippen LogP contribution in [0.5, 0.6) is 0 Å². The number of ether oxygens (including phenoxy) is 1. The van der Waals surface area contributed by atoms with E-state index in [9.17, 15) is 4.39 Å². The SMILES string of the molecule is CC(N)C1CN(c2ccc(C#N)cc2F)CCO1. The van der Waals surface area contributed by atoms with Crippen LogP contribution < -0.4 is 10.6 Å². The summed E-state index contributed by atoms with van der Waals surface area (Å²) in [6, 6.07) is 6.34. The minimum atomic E-state index is -0.376. The summed E-state index contributed by atoms with van der Waals surface area (Å²) in [5.41, 5.74) is 6.63. The van der Waals surface area contributed by atoms with Crippen molar-refractivity contribution in [2.75, 3.05) is 24.6 Å². The second kappa shape index (κ2) is 5.34. The molecule has 96 valence electrons. The number of halogens is 1. The fourth-order valence-electron chi connectivity index (χ4n) is 2.05. The number of nitriles is 1. The summed E-state index contributed by atoms with van der Waals surface area (Å²) in [6.07, 6.45) is -0.0891. The molecule has 0 aromatic heterocycles. The lowest BCUT2D eigenvalue weighted by Gasteiger charge is -2.36. The van der Waals surface area contributed by atoms with Crippen molar-refractivity contribution in [1.29, 1.82) is 5.26 Å². The van der Waals surface area contributed by atoms with Gasteiger partial charge in [0.15, 0.2) is 0 Å². The predicted molar refractivity (Wildman–Crippen MR) is 66.7 cm³/mol. The Morgan fingerprint density at radius 1 is 1.61 bits per heavy atom. The van der Waals surface area contributed by atoms with E-state index >= 15 is 0 Å². The van der Waals surface area contributed by atoms with Crippen LogP contribution in [0.15, 0.2) is 18.2 Å². The van der Waals surface area contributed by atoms with Gasteiger partial charge in [0.25, 0.3) is 0 Å². The van der Waals surface area contributed by atoms with Crippen LogP contribution in [0.1, 0.15) is 12.5 Å². The van der Waals surface area contributed by atoms with Crippen LogP contribution in [0.3, 0.4) is 0 Å². The highest BCUT2D eigenvalue weighted by Crippen LogP contribution is 2.23. The number of rotatable bonds is 2. The van der Waals surface area contributed by atoms with Gasteiger partial charge in [-0.1, -0.05) is 0 Å². The summed E-state index contributed by atoms with van der Waals surface area (Å²) >= 11 is 0. The Morgan fingerprint density at radius 3 is 3.00 bits per heavy atom. The van der Waals surface area contributed by atoms with Crippen LogP contribution in [0, 0.1) is 17.1 Å². The lowest BCUT2D eigenvalue weighted by Crippen LogP contribution is -2.49. The van der Waals surface area contributed by atoms with Gasteiger partial charge >= 0.3 is 0 Å². The molecule has 2 unspecified atom stereocenters. The van der Waals surface area contributed by atoms with E-state index in [1.165, 1.54) is 6.07 Å². The fraction of sp³-hybridized carbons (Fsp3) is 0.462. The third-order valence-corrected chi connectivity index (χ3v) is 3.10. The summed E-state index contributed by atoms with van der Waals surface area (Å²) < 4.78 is 19.4. The maximum Gasteiger partial charge on any atom is 0.147 e. The number of morpholine rings is 1. The molecule has 2 atom stereocenters. The van der Waals surface area contributed by atoms with Gasteiger partial charge in [0.2, 0.25) is 0 Å². The molecule has 0 bridgehead atoms. The van der Waals surface area contributed by atoms with Gasteiger partial charge < -0.3 is 15.4 Å². The topological polar surface area (TPSA) is 62.3 Å². The van der Waals surface area contributed by atoms with Crippen molar-refractivity contribution in [3.63, 3.8) is 0 Å². The van der Waals surface area contributed by atoms with Crippen LogP contribution in [-0.4, -0.2) is 31.8 Å². The average Bonchev–Trinajstić information content (AvgIpc) is 2.38. The van der Waals surface area contributed by atoms with Gasteiger partial charge in [-0.15, -0.1) is 0 Å². The van der Waals surface area contributed by atoms with E-state index in [1.807, 2.05) is 17.9 Å². The molecule has 1 heterocycles. The predicted octanol–water partition coefficient (Wildman–Crippen LogP) is 1.25. The number of anilines is 1.